The van der Waals surface area contributed by atoms with Crippen LogP contribution in [-0.2, 0) is 11.4 Å². The number of carbonyl (C=O) groups is 1. The molecule has 170 valence electrons. The van der Waals surface area contributed by atoms with E-state index in [1.165, 1.54) is 29.2 Å². The van der Waals surface area contributed by atoms with Gasteiger partial charge in [-0.15, -0.1) is 0 Å². The smallest absolute Gasteiger partial charge is 0.257 e. The molecule has 0 saturated carbocycles. The van der Waals surface area contributed by atoms with Gasteiger partial charge in [-0.05, 0) is 30.3 Å². The molecular formula is C25H21F3N2O3. The van der Waals surface area contributed by atoms with Crippen LogP contribution in [0.2, 0.25) is 0 Å². The zero-order valence-corrected chi connectivity index (χ0v) is 17.8. The molecule has 3 aromatic carbocycles. The monoisotopic (exact) mass is 454 g/mol. The first kappa shape index (κ1) is 22.4. The number of methoxy groups -OCH3 is 1. The maximum Gasteiger partial charge on any atom is 0.257 e. The maximum atomic E-state index is 14.3. The third kappa shape index (κ3) is 5.00. The summed E-state index contributed by atoms with van der Waals surface area (Å²) in [6.07, 6.45) is -0.169. The first-order valence-corrected chi connectivity index (χ1v) is 10.3. The van der Waals surface area contributed by atoms with E-state index in [9.17, 15) is 18.0 Å². The number of benzene rings is 3. The Balaban J connectivity index is 1.56. The first-order valence-electron chi connectivity index (χ1n) is 10.3. The largest absolute Gasteiger partial charge is 0.496 e. The average Bonchev–Trinajstić information content (AvgIpc) is 3.28. The van der Waals surface area contributed by atoms with E-state index in [0.29, 0.717) is 17.9 Å². The Bertz CT molecular complexity index is 1200. The zero-order chi connectivity index (χ0) is 23.4. The minimum absolute atomic E-state index is 0.0200. The molecule has 1 heterocycles. The van der Waals surface area contributed by atoms with E-state index in [2.05, 4.69) is 5.16 Å². The summed E-state index contributed by atoms with van der Waals surface area (Å²) in [4.78, 5) is 20.0. The summed E-state index contributed by atoms with van der Waals surface area (Å²) in [7, 11) is 1.55. The number of ether oxygens (including phenoxy) is 1. The van der Waals surface area contributed by atoms with E-state index >= 15 is 0 Å². The molecule has 3 aromatic rings. The predicted molar refractivity (Wildman–Crippen MR) is 117 cm³/mol. The molecule has 1 aliphatic heterocycles. The summed E-state index contributed by atoms with van der Waals surface area (Å²) >= 11 is 0. The fraction of sp³-hybridized carbons (Fsp3) is 0.200. The fourth-order valence-corrected chi connectivity index (χ4v) is 3.69. The van der Waals surface area contributed by atoms with Crippen molar-refractivity contribution in [3.8, 4) is 5.75 Å². The highest BCUT2D eigenvalue weighted by atomic mass is 19.1. The number of para-hydroxylation sites is 1. The van der Waals surface area contributed by atoms with Gasteiger partial charge in [-0.2, -0.15) is 0 Å². The lowest BCUT2D eigenvalue weighted by Gasteiger charge is -2.25. The minimum Gasteiger partial charge on any atom is -0.496 e. The molecule has 0 fully saturated rings. The fourth-order valence-electron chi connectivity index (χ4n) is 3.69. The molecule has 0 bridgehead atoms. The zero-order valence-electron chi connectivity index (χ0n) is 17.8. The van der Waals surface area contributed by atoms with Crippen LogP contribution in [0.4, 0.5) is 13.2 Å². The molecule has 0 spiro atoms. The molecule has 1 amide bonds. The lowest BCUT2D eigenvalue weighted by Crippen LogP contribution is -2.38. The van der Waals surface area contributed by atoms with Crippen molar-refractivity contribution < 1.29 is 27.5 Å². The number of nitrogens with zero attached hydrogens (tertiary/aromatic N) is 2. The number of hydrogen-bond acceptors (Lipinski definition) is 4. The van der Waals surface area contributed by atoms with Crippen LogP contribution < -0.4 is 4.74 Å². The molecule has 0 unspecified atom stereocenters. The van der Waals surface area contributed by atoms with E-state index in [1.807, 2.05) is 18.2 Å². The third-order valence-electron chi connectivity index (χ3n) is 5.34. The molecule has 0 N–H and O–H groups in total. The molecule has 4 rings (SSSR count). The Morgan fingerprint density at radius 3 is 2.58 bits per heavy atom. The summed E-state index contributed by atoms with van der Waals surface area (Å²) in [5.41, 5.74) is 1.36. The second-order valence-electron chi connectivity index (χ2n) is 7.57. The Kier molecular flexibility index (Phi) is 6.63. The number of rotatable bonds is 7. The van der Waals surface area contributed by atoms with Gasteiger partial charge in [-0.25, -0.2) is 13.2 Å². The van der Waals surface area contributed by atoms with Gasteiger partial charge in [0.15, 0.2) is 6.10 Å². The molecule has 0 aromatic heterocycles. The van der Waals surface area contributed by atoms with Gasteiger partial charge in [0.05, 0.1) is 24.9 Å². The van der Waals surface area contributed by atoms with Crippen LogP contribution >= 0.6 is 0 Å². The van der Waals surface area contributed by atoms with Gasteiger partial charge >= 0.3 is 0 Å². The highest BCUT2D eigenvalue weighted by molar-refractivity contribution is 6.03. The molecule has 33 heavy (non-hydrogen) atoms. The predicted octanol–water partition coefficient (Wildman–Crippen LogP) is 4.95. The summed E-state index contributed by atoms with van der Waals surface area (Å²) in [6.45, 7) is -0.171. The molecule has 5 nitrogen and oxygen atoms in total. The number of carbonyl (C=O) groups excluding carboxylic acids is 1. The SMILES string of the molecule is COc1ccccc1C1=NO[C@H](CN(Cc2ccc(F)cc2F)C(=O)c2ccccc2F)C1. The summed E-state index contributed by atoms with van der Waals surface area (Å²) in [6, 6.07) is 16.0. The van der Waals surface area contributed by atoms with Gasteiger partial charge in [0.25, 0.3) is 5.91 Å². The van der Waals surface area contributed by atoms with E-state index in [1.54, 1.807) is 19.2 Å². The van der Waals surface area contributed by atoms with Crippen LogP contribution in [0.3, 0.4) is 0 Å². The van der Waals surface area contributed by atoms with Crippen molar-refractivity contribution in [2.24, 2.45) is 5.16 Å². The lowest BCUT2D eigenvalue weighted by atomic mass is 10.0. The van der Waals surface area contributed by atoms with E-state index in [0.717, 1.165) is 17.7 Å². The maximum absolute atomic E-state index is 14.3. The molecule has 8 heteroatoms. The van der Waals surface area contributed by atoms with Gasteiger partial charge < -0.3 is 14.5 Å². The Morgan fingerprint density at radius 1 is 1.06 bits per heavy atom. The third-order valence-corrected chi connectivity index (χ3v) is 5.34. The number of halogens is 3. The van der Waals surface area contributed by atoms with Crippen LogP contribution in [0.1, 0.15) is 27.9 Å². The molecule has 0 aliphatic carbocycles. The van der Waals surface area contributed by atoms with E-state index in [4.69, 9.17) is 9.57 Å². The minimum atomic E-state index is -0.792. The van der Waals surface area contributed by atoms with Crippen LogP contribution in [0.5, 0.6) is 5.75 Å². The van der Waals surface area contributed by atoms with Gasteiger partial charge in [-0.1, -0.05) is 35.5 Å². The Morgan fingerprint density at radius 2 is 1.82 bits per heavy atom. The number of amides is 1. The van der Waals surface area contributed by atoms with Gasteiger partial charge in [0.1, 0.15) is 23.2 Å². The topological polar surface area (TPSA) is 51.1 Å². The van der Waals surface area contributed by atoms with E-state index in [-0.39, 0.29) is 24.2 Å². The standard InChI is InChI=1S/C25H21F3N2O3/c1-32-24-9-5-3-7-20(24)23-13-18(33-29-23)15-30(14-16-10-11-17(26)12-22(16)28)25(31)19-6-2-4-8-21(19)27/h2-12,18H,13-15H2,1H3/t18-/m0/s1. The lowest BCUT2D eigenvalue weighted by molar-refractivity contribution is 0.0400. The van der Waals surface area contributed by atoms with Crippen LogP contribution in [0.25, 0.3) is 0 Å². The normalized spacial score (nSPS) is 15.0. The molecule has 1 aliphatic rings. The second kappa shape index (κ2) is 9.77. The van der Waals surface area contributed by atoms with Crippen molar-refractivity contribution in [2.75, 3.05) is 13.7 Å². The first-order chi connectivity index (χ1) is 16.0. The quantitative estimate of drug-likeness (QED) is 0.508. The number of hydrogen-bond donors (Lipinski definition) is 0. The van der Waals surface area contributed by atoms with Crippen LogP contribution in [-0.4, -0.2) is 36.3 Å². The second-order valence-corrected chi connectivity index (χ2v) is 7.57. The van der Waals surface area contributed by atoms with Crippen molar-refractivity contribution >= 4 is 11.6 Å². The van der Waals surface area contributed by atoms with Crippen molar-refractivity contribution in [1.82, 2.24) is 4.90 Å². The Labute approximate surface area is 189 Å². The van der Waals surface area contributed by atoms with Crippen molar-refractivity contribution in [1.29, 1.82) is 0 Å². The molecule has 1 atom stereocenters. The number of oxime groups is 1. The van der Waals surface area contributed by atoms with Gasteiger partial charge in [0.2, 0.25) is 0 Å². The van der Waals surface area contributed by atoms with Crippen molar-refractivity contribution in [3.63, 3.8) is 0 Å². The van der Waals surface area contributed by atoms with Crippen LogP contribution in [0.15, 0.2) is 71.9 Å². The van der Waals surface area contributed by atoms with E-state index < -0.39 is 29.5 Å². The highest BCUT2D eigenvalue weighted by Crippen LogP contribution is 2.26. The van der Waals surface area contributed by atoms with Crippen molar-refractivity contribution in [3.05, 3.63) is 101 Å². The molecule has 0 saturated heterocycles. The highest BCUT2D eigenvalue weighted by Gasteiger charge is 2.29. The van der Waals surface area contributed by atoms with Crippen molar-refractivity contribution in [2.45, 2.75) is 19.1 Å². The molecule has 0 radical (unpaired) electrons. The average molecular weight is 454 g/mol. The summed E-state index contributed by atoms with van der Waals surface area (Å²) in [5, 5.41) is 4.14. The Hall–Kier alpha value is -3.81. The van der Waals surface area contributed by atoms with Gasteiger partial charge in [0, 0.05) is 30.2 Å². The van der Waals surface area contributed by atoms with Gasteiger partial charge in [-0.3, -0.25) is 4.79 Å². The summed E-state index contributed by atoms with van der Waals surface area (Å²) < 4.78 is 47.3. The van der Waals surface area contributed by atoms with Crippen LogP contribution in [0, 0.1) is 17.5 Å². The summed E-state index contributed by atoms with van der Waals surface area (Å²) in [5.74, 6) is -2.21. The molecular weight excluding hydrogens is 433 g/mol.